The molecule has 5 nitrogen and oxygen atoms in total. The van der Waals surface area contributed by atoms with Crippen molar-refractivity contribution in [2.75, 3.05) is 20.6 Å². The number of rotatable bonds is 5. The molecule has 0 aliphatic carbocycles. The normalized spacial score (nSPS) is 19.5. The van der Waals surface area contributed by atoms with Crippen molar-refractivity contribution in [1.82, 2.24) is 14.2 Å². The van der Waals surface area contributed by atoms with Crippen LogP contribution in [0.4, 0.5) is 0 Å². The molecule has 0 amide bonds. The van der Waals surface area contributed by atoms with Crippen molar-refractivity contribution in [3.8, 4) is 0 Å². The quantitative estimate of drug-likeness (QED) is 0.831. The Morgan fingerprint density at radius 2 is 2.17 bits per heavy atom. The molecule has 1 saturated heterocycles. The van der Waals surface area contributed by atoms with Crippen LogP contribution in [0, 0.1) is 0 Å². The SMILES string of the molecule is CN(C)Cc1ccc([C@H]2CCCN2S(=O)(=O)c2cccs2)nc1. The van der Waals surface area contributed by atoms with Crippen LogP contribution < -0.4 is 0 Å². The van der Waals surface area contributed by atoms with Gasteiger partial charge in [-0.25, -0.2) is 8.42 Å². The Hall–Kier alpha value is -1.28. The van der Waals surface area contributed by atoms with Crippen LogP contribution in [0.3, 0.4) is 0 Å². The predicted octanol–water partition coefficient (Wildman–Crippen LogP) is 2.73. The molecule has 2 aromatic rings. The summed E-state index contributed by atoms with van der Waals surface area (Å²) in [5.74, 6) is 0. The molecule has 124 valence electrons. The van der Waals surface area contributed by atoms with Crippen LogP contribution in [0.5, 0.6) is 0 Å². The third-order valence-corrected chi connectivity index (χ3v) is 7.23. The molecule has 23 heavy (non-hydrogen) atoms. The summed E-state index contributed by atoms with van der Waals surface area (Å²) < 4.78 is 27.6. The molecule has 1 fully saturated rings. The third kappa shape index (κ3) is 3.47. The highest BCUT2D eigenvalue weighted by molar-refractivity contribution is 7.91. The zero-order valence-electron chi connectivity index (χ0n) is 13.3. The van der Waals surface area contributed by atoms with E-state index in [1.165, 1.54) is 11.3 Å². The monoisotopic (exact) mass is 351 g/mol. The molecule has 0 radical (unpaired) electrons. The summed E-state index contributed by atoms with van der Waals surface area (Å²) in [6.45, 7) is 1.39. The number of sulfonamides is 1. The van der Waals surface area contributed by atoms with Gasteiger partial charge in [-0.15, -0.1) is 11.3 Å². The highest BCUT2D eigenvalue weighted by Crippen LogP contribution is 2.36. The van der Waals surface area contributed by atoms with Gasteiger partial charge in [0.15, 0.2) is 0 Å². The molecule has 0 N–H and O–H groups in total. The summed E-state index contributed by atoms with van der Waals surface area (Å²) >= 11 is 1.27. The molecule has 3 heterocycles. The maximum absolute atomic E-state index is 12.8. The maximum atomic E-state index is 12.8. The molecule has 3 rings (SSSR count). The van der Waals surface area contributed by atoms with Gasteiger partial charge in [0.05, 0.1) is 11.7 Å². The molecule has 2 aromatic heterocycles. The molecular weight excluding hydrogens is 330 g/mol. The Bertz CT molecular complexity index is 740. The van der Waals surface area contributed by atoms with E-state index in [2.05, 4.69) is 9.88 Å². The fraction of sp³-hybridized carbons (Fsp3) is 0.438. The fourth-order valence-electron chi connectivity index (χ4n) is 2.94. The first-order valence-electron chi connectivity index (χ1n) is 7.63. The lowest BCUT2D eigenvalue weighted by Crippen LogP contribution is -2.30. The molecular formula is C16H21N3O2S2. The molecule has 0 unspecified atom stereocenters. The van der Waals surface area contributed by atoms with Gasteiger partial charge in [-0.1, -0.05) is 12.1 Å². The van der Waals surface area contributed by atoms with Crippen molar-refractivity contribution in [1.29, 1.82) is 0 Å². The summed E-state index contributed by atoms with van der Waals surface area (Å²) in [4.78, 5) is 6.61. The van der Waals surface area contributed by atoms with Gasteiger partial charge in [-0.05, 0) is 50.0 Å². The first-order chi connectivity index (χ1) is 11.0. The predicted molar refractivity (Wildman–Crippen MR) is 91.8 cm³/mol. The molecule has 0 saturated carbocycles. The zero-order chi connectivity index (χ0) is 16.4. The summed E-state index contributed by atoms with van der Waals surface area (Å²) in [7, 11) is 0.610. The van der Waals surface area contributed by atoms with Gasteiger partial charge < -0.3 is 4.90 Å². The zero-order valence-corrected chi connectivity index (χ0v) is 15.0. The van der Waals surface area contributed by atoms with Gasteiger partial charge in [-0.3, -0.25) is 4.98 Å². The summed E-state index contributed by atoms with van der Waals surface area (Å²) in [6, 6.07) is 7.29. The summed E-state index contributed by atoms with van der Waals surface area (Å²) in [5, 5.41) is 1.80. The first kappa shape index (κ1) is 16.6. The summed E-state index contributed by atoms with van der Waals surface area (Å²) in [5.41, 5.74) is 1.97. The van der Waals surface area contributed by atoms with Crippen molar-refractivity contribution >= 4 is 21.4 Å². The molecule has 1 atom stereocenters. The van der Waals surface area contributed by atoms with Crippen LogP contribution in [0.15, 0.2) is 40.1 Å². The van der Waals surface area contributed by atoms with E-state index in [-0.39, 0.29) is 6.04 Å². The van der Waals surface area contributed by atoms with Crippen LogP contribution >= 0.6 is 11.3 Å². The van der Waals surface area contributed by atoms with Gasteiger partial charge in [0.2, 0.25) is 0 Å². The maximum Gasteiger partial charge on any atom is 0.253 e. The Morgan fingerprint density at radius 1 is 1.35 bits per heavy atom. The number of pyridine rings is 1. The van der Waals surface area contributed by atoms with E-state index in [4.69, 9.17) is 0 Å². The Balaban J connectivity index is 1.84. The lowest BCUT2D eigenvalue weighted by atomic mass is 10.1. The number of aromatic nitrogens is 1. The first-order valence-corrected chi connectivity index (χ1v) is 9.95. The summed E-state index contributed by atoms with van der Waals surface area (Å²) in [6.07, 6.45) is 3.55. The molecule has 0 bridgehead atoms. The minimum atomic E-state index is -3.42. The van der Waals surface area contributed by atoms with Crippen molar-refractivity contribution in [2.45, 2.75) is 29.6 Å². The largest absolute Gasteiger partial charge is 0.305 e. The average Bonchev–Trinajstić information content (AvgIpc) is 3.19. The van der Waals surface area contributed by atoms with Gasteiger partial charge in [0, 0.05) is 19.3 Å². The average molecular weight is 351 g/mol. The number of nitrogens with zero attached hydrogens (tertiary/aromatic N) is 3. The Labute approximate surface area is 141 Å². The fourth-order valence-corrected chi connectivity index (χ4v) is 5.73. The van der Waals surface area contributed by atoms with Crippen LogP contribution in [0.25, 0.3) is 0 Å². The molecule has 7 heteroatoms. The van der Waals surface area contributed by atoms with E-state index in [1.54, 1.807) is 21.8 Å². The standard InChI is InChI=1S/C16H21N3O2S2/c1-18(2)12-13-7-8-14(17-11-13)15-5-3-9-19(15)23(20,21)16-6-4-10-22-16/h4,6-8,10-11,15H,3,5,9,12H2,1-2H3/t15-/m1/s1. The lowest BCUT2D eigenvalue weighted by molar-refractivity contribution is 0.389. The van der Waals surface area contributed by atoms with E-state index in [0.29, 0.717) is 10.8 Å². The molecule has 1 aliphatic heterocycles. The van der Waals surface area contributed by atoms with Gasteiger partial charge in [-0.2, -0.15) is 4.31 Å². The highest BCUT2D eigenvalue weighted by atomic mass is 32.2. The lowest BCUT2D eigenvalue weighted by Gasteiger charge is -2.23. The van der Waals surface area contributed by atoms with Gasteiger partial charge in [0.1, 0.15) is 4.21 Å². The van der Waals surface area contributed by atoms with E-state index in [1.807, 2.05) is 32.4 Å². The van der Waals surface area contributed by atoms with Crippen LogP contribution in [0.2, 0.25) is 0 Å². The second-order valence-corrected chi connectivity index (χ2v) is 9.10. The second-order valence-electron chi connectivity index (χ2n) is 6.03. The number of hydrogen-bond donors (Lipinski definition) is 0. The minimum Gasteiger partial charge on any atom is -0.305 e. The van der Waals surface area contributed by atoms with Crippen molar-refractivity contribution in [3.63, 3.8) is 0 Å². The van der Waals surface area contributed by atoms with Crippen molar-refractivity contribution < 1.29 is 8.42 Å². The molecule has 0 aromatic carbocycles. The third-order valence-electron chi connectivity index (χ3n) is 3.95. The molecule has 0 spiro atoms. The molecule has 1 aliphatic rings. The van der Waals surface area contributed by atoms with Gasteiger partial charge >= 0.3 is 0 Å². The topological polar surface area (TPSA) is 53.5 Å². The van der Waals surface area contributed by atoms with E-state index in [0.717, 1.165) is 30.6 Å². The van der Waals surface area contributed by atoms with Crippen LogP contribution in [0.1, 0.15) is 30.1 Å². The Morgan fingerprint density at radius 3 is 2.78 bits per heavy atom. The van der Waals surface area contributed by atoms with Gasteiger partial charge in [0.25, 0.3) is 10.0 Å². The highest BCUT2D eigenvalue weighted by Gasteiger charge is 2.37. The van der Waals surface area contributed by atoms with E-state index >= 15 is 0 Å². The number of thiophene rings is 1. The second kappa shape index (κ2) is 6.68. The minimum absolute atomic E-state index is 0.157. The van der Waals surface area contributed by atoms with Crippen molar-refractivity contribution in [2.24, 2.45) is 0 Å². The number of hydrogen-bond acceptors (Lipinski definition) is 5. The smallest absolute Gasteiger partial charge is 0.253 e. The van der Waals surface area contributed by atoms with Crippen LogP contribution in [-0.2, 0) is 16.6 Å². The van der Waals surface area contributed by atoms with Crippen LogP contribution in [-0.4, -0.2) is 43.2 Å². The van der Waals surface area contributed by atoms with E-state index < -0.39 is 10.0 Å². The Kier molecular flexibility index (Phi) is 4.82. The van der Waals surface area contributed by atoms with E-state index in [9.17, 15) is 8.42 Å². The van der Waals surface area contributed by atoms with Crippen molar-refractivity contribution in [3.05, 3.63) is 47.1 Å².